The average molecular weight is 374 g/mol. The number of para-hydroxylation sites is 2. The number of likely N-dealkylation sites (N-methyl/N-ethyl adjacent to an activating group) is 1. The summed E-state index contributed by atoms with van der Waals surface area (Å²) in [5.74, 6) is -0.334. The van der Waals surface area contributed by atoms with Crippen molar-refractivity contribution in [2.24, 2.45) is 0 Å². The second kappa shape index (κ2) is 9.56. The van der Waals surface area contributed by atoms with Gasteiger partial charge in [-0.25, -0.2) is 4.39 Å². The summed E-state index contributed by atoms with van der Waals surface area (Å²) in [7, 11) is 2.98. The van der Waals surface area contributed by atoms with E-state index in [9.17, 15) is 14.0 Å². The minimum absolute atomic E-state index is 0.0463. The topological polar surface area (TPSA) is 67.9 Å². The van der Waals surface area contributed by atoms with Crippen LogP contribution in [0.1, 0.15) is 12.5 Å². The molecule has 2 aromatic rings. The molecule has 0 bridgehead atoms. The Morgan fingerprint density at radius 2 is 1.74 bits per heavy atom. The number of halogens is 1. The van der Waals surface area contributed by atoms with Crippen molar-refractivity contribution in [3.63, 3.8) is 0 Å². The second-order valence-electron chi connectivity index (χ2n) is 5.84. The summed E-state index contributed by atoms with van der Waals surface area (Å²) in [4.78, 5) is 26.1. The third-order valence-electron chi connectivity index (χ3n) is 4.13. The van der Waals surface area contributed by atoms with Crippen LogP contribution in [0.15, 0.2) is 48.5 Å². The smallest absolute Gasteiger partial charge is 0.261 e. The summed E-state index contributed by atoms with van der Waals surface area (Å²) in [6, 6.07) is 12.3. The van der Waals surface area contributed by atoms with Crippen molar-refractivity contribution < 1.29 is 23.5 Å². The number of carbonyl (C=O) groups excluding carboxylic acids is 2. The van der Waals surface area contributed by atoms with Crippen molar-refractivity contribution in [3.8, 4) is 11.5 Å². The van der Waals surface area contributed by atoms with Crippen LogP contribution in [-0.4, -0.2) is 43.5 Å². The molecule has 1 atom stereocenters. The summed E-state index contributed by atoms with van der Waals surface area (Å²) in [6.45, 7) is 1.23. The van der Waals surface area contributed by atoms with Crippen LogP contribution >= 0.6 is 0 Å². The van der Waals surface area contributed by atoms with Crippen LogP contribution in [0.4, 0.5) is 4.39 Å². The van der Waals surface area contributed by atoms with Crippen LogP contribution in [0.25, 0.3) is 0 Å². The van der Waals surface area contributed by atoms with E-state index in [1.54, 1.807) is 49.4 Å². The Labute approximate surface area is 157 Å². The van der Waals surface area contributed by atoms with Crippen LogP contribution in [0.3, 0.4) is 0 Å². The lowest BCUT2D eigenvalue weighted by atomic mass is 10.1. The molecule has 6 nitrogen and oxygen atoms in total. The molecular formula is C20H23FN2O4. The summed E-state index contributed by atoms with van der Waals surface area (Å²) in [5.41, 5.74) is 0.318. The van der Waals surface area contributed by atoms with E-state index in [0.29, 0.717) is 17.1 Å². The molecule has 0 saturated carbocycles. The lowest BCUT2D eigenvalue weighted by molar-refractivity contribution is -0.142. The summed E-state index contributed by atoms with van der Waals surface area (Å²) in [5, 5.41) is 2.51. The van der Waals surface area contributed by atoms with E-state index in [2.05, 4.69) is 5.32 Å². The van der Waals surface area contributed by atoms with E-state index in [1.807, 2.05) is 0 Å². The first-order chi connectivity index (χ1) is 13.0. The minimum atomic E-state index is -0.789. The molecule has 0 unspecified atom stereocenters. The summed E-state index contributed by atoms with van der Waals surface area (Å²) in [6.07, 6.45) is 0. The lowest BCUT2D eigenvalue weighted by Crippen LogP contribution is -2.48. The molecule has 0 aliphatic carbocycles. The van der Waals surface area contributed by atoms with Crippen LogP contribution in [0, 0.1) is 5.82 Å². The quantitative estimate of drug-likeness (QED) is 0.770. The Balaban J connectivity index is 2.17. The average Bonchev–Trinajstić information content (AvgIpc) is 2.70. The normalized spacial score (nSPS) is 11.4. The maximum atomic E-state index is 14.0. The van der Waals surface area contributed by atoms with Gasteiger partial charge in [0.2, 0.25) is 5.91 Å². The SMILES string of the molecule is CNC(=O)[C@@H](C)N(Cc1ccccc1F)C(=O)COc1ccccc1OC. The zero-order valence-electron chi connectivity index (χ0n) is 15.6. The van der Waals surface area contributed by atoms with Crippen molar-refractivity contribution in [2.45, 2.75) is 19.5 Å². The molecule has 0 radical (unpaired) electrons. The van der Waals surface area contributed by atoms with Crippen molar-refractivity contribution in [1.29, 1.82) is 0 Å². The number of nitrogens with zero attached hydrogens (tertiary/aromatic N) is 1. The van der Waals surface area contributed by atoms with E-state index in [0.717, 1.165) is 0 Å². The van der Waals surface area contributed by atoms with Gasteiger partial charge in [-0.05, 0) is 25.1 Å². The monoisotopic (exact) mass is 374 g/mol. The molecule has 2 aromatic carbocycles. The zero-order chi connectivity index (χ0) is 19.8. The fourth-order valence-corrected chi connectivity index (χ4v) is 2.56. The van der Waals surface area contributed by atoms with Crippen LogP contribution in [-0.2, 0) is 16.1 Å². The minimum Gasteiger partial charge on any atom is -0.493 e. The maximum Gasteiger partial charge on any atom is 0.261 e. The number of nitrogens with one attached hydrogen (secondary N) is 1. The molecule has 0 heterocycles. The van der Waals surface area contributed by atoms with Gasteiger partial charge >= 0.3 is 0 Å². The first kappa shape index (κ1) is 20.2. The van der Waals surface area contributed by atoms with Gasteiger partial charge in [0.15, 0.2) is 18.1 Å². The van der Waals surface area contributed by atoms with Gasteiger partial charge < -0.3 is 19.7 Å². The Morgan fingerprint density at radius 3 is 2.37 bits per heavy atom. The number of ether oxygens (including phenoxy) is 2. The molecule has 144 valence electrons. The number of benzene rings is 2. The third-order valence-corrected chi connectivity index (χ3v) is 4.13. The number of carbonyl (C=O) groups is 2. The predicted octanol–water partition coefficient (Wildman–Crippen LogP) is 2.38. The van der Waals surface area contributed by atoms with Gasteiger partial charge in [-0.3, -0.25) is 9.59 Å². The van der Waals surface area contributed by atoms with Crippen LogP contribution in [0.2, 0.25) is 0 Å². The molecule has 0 aliphatic rings. The fraction of sp³-hybridized carbons (Fsp3) is 0.300. The first-order valence-electron chi connectivity index (χ1n) is 8.48. The van der Waals surface area contributed by atoms with Gasteiger partial charge in [0.05, 0.1) is 7.11 Å². The van der Waals surface area contributed by atoms with Gasteiger partial charge in [0.1, 0.15) is 11.9 Å². The van der Waals surface area contributed by atoms with E-state index in [-0.39, 0.29) is 19.1 Å². The molecule has 0 saturated heterocycles. The molecule has 0 aromatic heterocycles. The highest BCUT2D eigenvalue weighted by atomic mass is 19.1. The number of rotatable bonds is 8. The molecule has 0 aliphatic heterocycles. The number of hydrogen-bond acceptors (Lipinski definition) is 4. The van der Waals surface area contributed by atoms with E-state index >= 15 is 0 Å². The summed E-state index contributed by atoms with van der Waals surface area (Å²) >= 11 is 0. The number of hydrogen-bond donors (Lipinski definition) is 1. The van der Waals surface area contributed by atoms with Crippen LogP contribution < -0.4 is 14.8 Å². The van der Waals surface area contributed by atoms with Gasteiger partial charge in [-0.1, -0.05) is 30.3 Å². The molecule has 0 spiro atoms. The Kier molecular flexibility index (Phi) is 7.16. The molecule has 2 rings (SSSR count). The van der Waals surface area contributed by atoms with Crippen LogP contribution in [0.5, 0.6) is 11.5 Å². The summed E-state index contributed by atoms with van der Waals surface area (Å²) < 4.78 is 24.8. The first-order valence-corrected chi connectivity index (χ1v) is 8.48. The maximum absolute atomic E-state index is 14.0. The van der Waals surface area contributed by atoms with Gasteiger partial charge in [-0.15, -0.1) is 0 Å². The van der Waals surface area contributed by atoms with E-state index in [4.69, 9.17) is 9.47 Å². The van der Waals surface area contributed by atoms with E-state index < -0.39 is 17.8 Å². The Hall–Kier alpha value is -3.09. The molecule has 1 N–H and O–H groups in total. The largest absolute Gasteiger partial charge is 0.493 e. The lowest BCUT2D eigenvalue weighted by Gasteiger charge is -2.28. The fourth-order valence-electron chi connectivity index (χ4n) is 2.56. The number of methoxy groups -OCH3 is 1. The Morgan fingerprint density at radius 1 is 1.11 bits per heavy atom. The molecule has 27 heavy (non-hydrogen) atoms. The van der Waals surface area contributed by atoms with Crippen molar-refractivity contribution >= 4 is 11.8 Å². The standard InChI is InChI=1S/C20H23FN2O4/c1-14(20(25)22-2)23(12-15-8-4-5-9-16(15)21)19(24)13-27-18-11-7-6-10-17(18)26-3/h4-11,14H,12-13H2,1-3H3,(H,22,25)/t14-/m1/s1. The van der Waals surface area contributed by atoms with Crippen molar-refractivity contribution in [1.82, 2.24) is 10.2 Å². The zero-order valence-corrected chi connectivity index (χ0v) is 15.6. The van der Waals surface area contributed by atoms with Crippen molar-refractivity contribution in [3.05, 3.63) is 59.9 Å². The van der Waals surface area contributed by atoms with E-state index in [1.165, 1.54) is 25.1 Å². The Bertz CT molecular complexity index is 797. The van der Waals surface area contributed by atoms with Gasteiger partial charge in [0, 0.05) is 19.2 Å². The third kappa shape index (κ3) is 5.20. The second-order valence-corrected chi connectivity index (χ2v) is 5.84. The van der Waals surface area contributed by atoms with Gasteiger partial charge in [0.25, 0.3) is 5.91 Å². The van der Waals surface area contributed by atoms with Crippen molar-refractivity contribution in [2.75, 3.05) is 20.8 Å². The molecular weight excluding hydrogens is 351 g/mol. The molecule has 0 fully saturated rings. The highest BCUT2D eigenvalue weighted by Gasteiger charge is 2.26. The highest BCUT2D eigenvalue weighted by Crippen LogP contribution is 2.25. The molecule has 7 heteroatoms. The molecule has 2 amide bonds. The number of amides is 2. The predicted molar refractivity (Wildman–Crippen MR) is 99.0 cm³/mol. The highest BCUT2D eigenvalue weighted by molar-refractivity contribution is 5.87. The van der Waals surface area contributed by atoms with Gasteiger partial charge in [-0.2, -0.15) is 0 Å².